The first-order valence-electron chi connectivity index (χ1n) is 6.74. The minimum absolute atomic E-state index is 0.249. The number of hydrogen-bond donors (Lipinski definition) is 2. The number of ether oxygens (including phenoxy) is 1. The number of carbonyl (C=O) groups excluding carboxylic acids is 1. The third kappa shape index (κ3) is 3.26. The first-order chi connectivity index (χ1) is 9.61. The number of rotatable bonds is 5. The van der Waals surface area contributed by atoms with Gasteiger partial charge in [-0.15, -0.1) is 0 Å². The number of carboxylic acids is 1. The summed E-state index contributed by atoms with van der Waals surface area (Å²) in [5.41, 5.74) is 0.550. The van der Waals surface area contributed by atoms with E-state index in [1.54, 1.807) is 12.1 Å². The zero-order valence-corrected chi connectivity index (χ0v) is 11.3. The number of anilines is 1. The van der Waals surface area contributed by atoms with Crippen molar-refractivity contribution in [2.75, 3.05) is 11.9 Å². The lowest BCUT2D eigenvalue weighted by Crippen LogP contribution is -2.30. The molecule has 1 aromatic heterocycles. The van der Waals surface area contributed by atoms with E-state index in [9.17, 15) is 9.59 Å². The van der Waals surface area contributed by atoms with Crippen molar-refractivity contribution in [2.24, 2.45) is 11.8 Å². The van der Waals surface area contributed by atoms with Crippen molar-refractivity contribution in [3.63, 3.8) is 0 Å². The molecule has 20 heavy (non-hydrogen) atoms. The van der Waals surface area contributed by atoms with Crippen LogP contribution < -0.4 is 10.1 Å². The lowest BCUT2D eigenvalue weighted by molar-refractivity contribution is -0.145. The summed E-state index contributed by atoms with van der Waals surface area (Å²) in [6.07, 6.45) is 3.46. The zero-order valence-electron chi connectivity index (χ0n) is 11.3. The second-order valence-electron chi connectivity index (χ2n) is 4.79. The van der Waals surface area contributed by atoms with Crippen molar-refractivity contribution in [2.45, 2.75) is 26.2 Å². The Bertz CT molecular complexity index is 486. The Morgan fingerprint density at radius 2 is 2.15 bits per heavy atom. The summed E-state index contributed by atoms with van der Waals surface area (Å²) in [5.74, 6) is -1.69. The van der Waals surface area contributed by atoms with E-state index in [4.69, 9.17) is 9.84 Å². The molecule has 0 spiro atoms. The van der Waals surface area contributed by atoms with Crippen LogP contribution in [0, 0.1) is 11.8 Å². The SMILES string of the molecule is CCOc1ccc(NC(=O)C2CCCC2C(=O)O)cn1. The van der Waals surface area contributed by atoms with E-state index in [1.165, 1.54) is 6.20 Å². The lowest BCUT2D eigenvalue weighted by Gasteiger charge is -2.15. The molecule has 0 saturated heterocycles. The molecule has 2 unspecified atom stereocenters. The topological polar surface area (TPSA) is 88.5 Å². The Hall–Kier alpha value is -2.11. The highest BCUT2D eigenvalue weighted by atomic mass is 16.5. The highest BCUT2D eigenvalue weighted by Crippen LogP contribution is 2.32. The largest absolute Gasteiger partial charge is 0.481 e. The summed E-state index contributed by atoms with van der Waals surface area (Å²) >= 11 is 0. The molecule has 0 aromatic carbocycles. The number of nitrogens with zero attached hydrogens (tertiary/aromatic N) is 1. The van der Waals surface area contributed by atoms with Crippen LogP contribution in [-0.4, -0.2) is 28.6 Å². The van der Waals surface area contributed by atoms with Crippen LogP contribution in [0.4, 0.5) is 5.69 Å². The number of carbonyl (C=O) groups is 2. The number of hydrogen-bond acceptors (Lipinski definition) is 4. The van der Waals surface area contributed by atoms with Gasteiger partial charge in [0, 0.05) is 6.07 Å². The summed E-state index contributed by atoms with van der Waals surface area (Å²) < 4.78 is 5.21. The maximum atomic E-state index is 12.1. The lowest BCUT2D eigenvalue weighted by atomic mass is 9.95. The molecule has 1 saturated carbocycles. The molecule has 1 aliphatic rings. The first-order valence-corrected chi connectivity index (χ1v) is 6.74. The number of amides is 1. The fraction of sp³-hybridized carbons (Fsp3) is 0.500. The van der Waals surface area contributed by atoms with Gasteiger partial charge in [-0.3, -0.25) is 9.59 Å². The van der Waals surface area contributed by atoms with E-state index >= 15 is 0 Å². The van der Waals surface area contributed by atoms with Gasteiger partial charge in [0.05, 0.1) is 30.3 Å². The molecule has 0 bridgehead atoms. The molecule has 1 aromatic rings. The Morgan fingerprint density at radius 3 is 2.75 bits per heavy atom. The normalized spacial score (nSPS) is 21.4. The highest BCUT2D eigenvalue weighted by Gasteiger charge is 2.37. The fourth-order valence-electron chi connectivity index (χ4n) is 2.49. The molecule has 2 rings (SSSR count). The van der Waals surface area contributed by atoms with Gasteiger partial charge >= 0.3 is 5.97 Å². The first kappa shape index (κ1) is 14.3. The van der Waals surface area contributed by atoms with Gasteiger partial charge in [0.1, 0.15) is 0 Å². The molecule has 2 atom stereocenters. The average Bonchev–Trinajstić information content (AvgIpc) is 2.91. The quantitative estimate of drug-likeness (QED) is 0.859. The Balaban J connectivity index is 1.98. The van der Waals surface area contributed by atoms with E-state index in [2.05, 4.69) is 10.3 Å². The number of aromatic nitrogens is 1. The van der Waals surface area contributed by atoms with Crippen LogP contribution in [-0.2, 0) is 9.59 Å². The maximum absolute atomic E-state index is 12.1. The van der Waals surface area contributed by atoms with Crippen molar-refractivity contribution in [3.8, 4) is 5.88 Å². The monoisotopic (exact) mass is 278 g/mol. The van der Waals surface area contributed by atoms with E-state index in [-0.39, 0.29) is 5.91 Å². The Labute approximate surface area is 117 Å². The molecule has 0 aliphatic heterocycles. The molecule has 1 aliphatic carbocycles. The van der Waals surface area contributed by atoms with Crippen molar-refractivity contribution < 1.29 is 19.4 Å². The number of pyridine rings is 1. The molecule has 1 heterocycles. The Morgan fingerprint density at radius 1 is 1.40 bits per heavy atom. The molecular weight excluding hydrogens is 260 g/mol. The van der Waals surface area contributed by atoms with E-state index in [0.717, 1.165) is 6.42 Å². The van der Waals surface area contributed by atoms with Gasteiger partial charge in [0.2, 0.25) is 11.8 Å². The summed E-state index contributed by atoms with van der Waals surface area (Å²) in [6.45, 7) is 2.39. The molecular formula is C14H18N2O4. The molecule has 2 N–H and O–H groups in total. The highest BCUT2D eigenvalue weighted by molar-refractivity contribution is 5.95. The second kappa shape index (κ2) is 6.36. The molecule has 108 valence electrons. The van der Waals surface area contributed by atoms with E-state index in [0.29, 0.717) is 31.0 Å². The predicted octanol–water partition coefficient (Wildman–Crippen LogP) is 1.92. The fourth-order valence-corrected chi connectivity index (χ4v) is 2.49. The summed E-state index contributed by atoms with van der Waals surface area (Å²) in [4.78, 5) is 27.2. The van der Waals surface area contributed by atoms with Crippen LogP contribution in [0.15, 0.2) is 18.3 Å². The third-order valence-corrected chi connectivity index (χ3v) is 3.47. The number of carboxylic acid groups (broad SMARTS) is 1. The number of aliphatic carboxylic acids is 1. The summed E-state index contributed by atoms with van der Waals surface area (Å²) in [7, 11) is 0. The van der Waals surface area contributed by atoms with Gasteiger partial charge in [0.25, 0.3) is 0 Å². The van der Waals surface area contributed by atoms with Crippen molar-refractivity contribution in [1.82, 2.24) is 4.98 Å². The third-order valence-electron chi connectivity index (χ3n) is 3.47. The van der Waals surface area contributed by atoms with Crippen LogP contribution in [0.3, 0.4) is 0 Å². The van der Waals surface area contributed by atoms with Crippen LogP contribution in [0.2, 0.25) is 0 Å². The minimum atomic E-state index is -0.896. The predicted molar refractivity (Wildman–Crippen MR) is 72.5 cm³/mol. The molecule has 6 heteroatoms. The van der Waals surface area contributed by atoms with Crippen molar-refractivity contribution >= 4 is 17.6 Å². The summed E-state index contributed by atoms with van der Waals surface area (Å²) in [6, 6.07) is 3.36. The molecule has 1 amide bonds. The van der Waals surface area contributed by atoms with Crippen LogP contribution >= 0.6 is 0 Å². The van der Waals surface area contributed by atoms with Gasteiger partial charge in [-0.25, -0.2) is 4.98 Å². The van der Waals surface area contributed by atoms with Crippen LogP contribution in [0.1, 0.15) is 26.2 Å². The van der Waals surface area contributed by atoms with E-state index < -0.39 is 17.8 Å². The van der Waals surface area contributed by atoms with Gasteiger partial charge in [-0.2, -0.15) is 0 Å². The zero-order chi connectivity index (χ0) is 14.5. The van der Waals surface area contributed by atoms with Gasteiger partial charge in [-0.1, -0.05) is 6.42 Å². The van der Waals surface area contributed by atoms with Crippen LogP contribution in [0.5, 0.6) is 5.88 Å². The average molecular weight is 278 g/mol. The minimum Gasteiger partial charge on any atom is -0.481 e. The van der Waals surface area contributed by atoms with Crippen LogP contribution in [0.25, 0.3) is 0 Å². The molecule has 0 radical (unpaired) electrons. The molecule has 1 fully saturated rings. The van der Waals surface area contributed by atoms with Gasteiger partial charge in [0.15, 0.2) is 0 Å². The Kier molecular flexibility index (Phi) is 4.55. The van der Waals surface area contributed by atoms with Gasteiger partial charge < -0.3 is 15.2 Å². The smallest absolute Gasteiger partial charge is 0.307 e. The summed E-state index contributed by atoms with van der Waals surface area (Å²) in [5, 5.41) is 11.8. The second-order valence-corrected chi connectivity index (χ2v) is 4.79. The van der Waals surface area contributed by atoms with Gasteiger partial charge in [-0.05, 0) is 25.8 Å². The van der Waals surface area contributed by atoms with Crippen molar-refractivity contribution in [1.29, 1.82) is 0 Å². The van der Waals surface area contributed by atoms with E-state index in [1.807, 2.05) is 6.92 Å². The van der Waals surface area contributed by atoms with Crippen molar-refractivity contribution in [3.05, 3.63) is 18.3 Å². The standard InChI is InChI=1S/C14H18N2O4/c1-2-20-12-7-6-9(8-15-12)16-13(17)10-4-3-5-11(10)14(18)19/h6-8,10-11H,2-5H2,1H3,(H,16,17)(H,18,19). The maximum Gasteiger partial charge on any atom is 0.307 e. The number of nitrogens with one attached hydrogen (secondary N) is 1. The molecule has 6 nitrogen and oxygen atoms in total.